The summed E-state index contributed by atoms with van der Waals surface area (Å²) in [4.78, 5) is 17.1. The van der Waals surface area contributed by atoms with Crippen LogP contribution in [0, 0.1) is 0 Å². The van der Waals surface area contributed by atoms with Crippen LogP contribution >= 0.6 is 0 Å². The number of carbonyl (C=O) groups is 1. The van der Waals surface area contributed by atoms with Gasteiger partial charge in [-0.15, -0.1) is 0 Å². The largest absolute Gasteiger partial charge is 0.337 e. The van der Waals surface area contributed by atoms with Crippen molar-refractivity contribution >= 4 is 5.91 Å². The Labute approximate surface area is 164 Å². The van der Waals surface area contributed by atoms with E-state index in [1.54, 1.807) is 0 Å². The van der Waals surface area contributed by atoms with Gasteiger partial charge in [-0.25, -0.2) is 0 Å². The summed E-state index contributed by atoms with van der Waals surface area (Å²) in [6.07, 6.45) is 2.97. The van der Waals surface area contributed by atoms with Crippen molar-refractivity contribution in [2.24, 2.45) is 0 Å². The summed E-state index contributed by atoms with van der Waals surface area (Å²) >= 11 is 0. The van der Waals surface area contributed by atoms with Gasteiger partial charge in [0.2, 0.25) is 5.91 Å². The minimum atomic E-state index is 0.241. The Balaban J connectivity index is 1.56. The van der Waals surface area contributed by atoms with Crippen LogP contribution in [0.25, 0.3) is 0 Å². The standard InChI is InChI=1S/C24H32N2O/c1-3-24(27)26(19-21-10-6-4-7-11-21)18-20(2)25-16-14-23(15-17-25)22-12-8-5-9-13-22/h4-13,20,23H,3,14-19H2,1-2H3. The molecule has 1 aliphatic rings. The van der Waals surface area contributed by atoms with Crippen LogP contribution in [0.5, 0.6) is 0 Å². The highest BCUT2D eigenvalue weighted by atomic mass is 16.2. The smallest absolute Gasteiger partial charge is 0.222 e. The van der Waals surface area contributed by atoms with Gasteiger partial charge in [0.05, 0.1) is 0 Å². The maximum Gasteiger partial charge on any atom is 0.222 e. The quantitative estimate of drug-likeness (QED) is 0.711. The average molecular weight is 365 g/mol. The number of likely N-dealkylation sites (tertiary alicyclic amines) is 1. The van der Waals surface area contributed by atoms with E-state index in [2.05, 4.69) is 54.3 Å². The summed E-state index contributed by atoms with van der Waals surface area (Å²) in [6, 6.07) is 21.6. The van der Waals surface area contributed by atoms with Crippen LogP contribution in [0.3, 0.4) is 0 Å². The van der Waals surface area contributed by atoms with E-state index in [4.69, 9.17) is 0 Å². The molecular weight excluding hydrogens is 332 g/mol. The van der Waals surface area contributed by atoms with Crippen molar-refractivity contribution < 1.29 is 4.79 Å². The van der Waals surface area contributed by atoms with Gasteiger partial charge < -0.3 is 4.90 Å². The lowest BCUT2D eigenvalue weighted by molar-refractivity contribution is -0.132. The Morgan fingerprint density at radius 2 is 1.63 bits per heavy atom. The number of carbonyl (C=O) groups excluding carboxylic acids is 1. The van der Waals surface area contributed by atoms with Crippen molar-refractivity contribution in [2.75, 3.05) is 19.6 Å². The van der Waals surface area contributed by atoms with Crippen molar-refractivity contribution in [1.29, 1.82) is 0 Å². The molecule has 3 nitrogen and oxygen atoms in total. The van der Waals surface area contributed by atoms with Crippen molar-refractivity contribution in [3.05, 3.63) is 71.8 Å². The molecule has 27 heavy (non-hydrogen) atoms. The van der Waals surface area contributed by atoms with Gasteiger partial charge in [0.25, 0.3) is 0 Å². The van der Waals surface area contributed by atoms with Crippen molar-refractivity contribution in [1.82, 2.24) is 9.80 Å². The third-order valence-corrected chi connectivity index (χ3v) is 5.78. The fraction of sp³-hybridized carbons (Fsp3) is 0.458. The van der Waals surface area contributed by atoms with Crippen molar-refractivity contribution in [3.63, 3.8) is 0 Å². The molecule has 1 saturated heterocycles. The second-order valence-electron chi connectivity index (χ2n) is 7.68. The number of hydrogen-bond acceptors (Lipinski definition) is 2. The number of amides is 1. The second kappa shape index (κ2) is 9.70. The summed E-state index contributed by atoms with van der Waals surface area (Å²) in [5.74, 6) is 0.914. The van der Waals surface area contributed by atoms with E-state index in [1.807, 2.05) is 30.0 Å². The van der Waals surface area contributed by atoms with Crippen LogP contribution in [-0.4, -0.2) is 41.4 Å². The van der Waals surface area contributed by atoms with E-state index in [1.165, 1.54) is 24.0 Å². The monoisotopic (exact) mass is 364 g/mol. The summed E-state index contributed by atoms with van der Waals surface area (Å²) in [5.41, 5.74) is 2.67. The Morgan fingerprint density at radius 1 is 1.04 bits per heavy atom. The first-order valence-corrected chi connectivity index (χ1v) is 10.3. The second-order valence-corrected chi connectivity index (χ2v) is 7.68. The lowest BCUT2D eigenvalue weighted by Gasteiger charge is -2.38. The van der Waals surface area contributed by atoms with Gasteiger partial charge in [-0.1, -0.05) is 67.6 Å². The van der Waals surface area contributed by atoms with Crippen LogP contribution < -0.4 is 0 Å². The highest BCUT2D eigenvalue weighted by Crippen LogP contribution is 2.28. The predicted octanol–water partition coefficient (Wildman–Crippen LogP) is 4.69. The zero-order valence-corrected chi connectivity index (χ0v) is 16.7. The normalized spacial score (nSPS) is 16.8. The molecule has 144 valence electrons. The van der Waals surface area contributed by atoms with E-state index >= 15 is 0 Å². The number of hydrogen-bond donors (Lipinski definition) is 0. The Bertz CT molecular complexity index is 693. The van der Waals surface area contributed by atoms with E-state index in [0.717, 1.165) is 19.6 Å². The van der Waals surface area contributed by atoms with Crippen LogP contribution in [0.1, 0.15) is 50.2 Å². The zero-order chi connectivity index (χ0) is 19.1. The highest BCUT2D eigenvalue weighted by Gasteiger charge is 2.25. The van der Waals surface area contributed by atoms with Crippen molar-refractivity contribution in [2.45, 2.75) is 51.6 Å². The lowest BCUT2D eigenvalue weighted by atomic mass is 9.89. The summed E-state index contributed by atoms with van der Waals surface area (Å²) in [6.45, 7) is 7.95. The first-order chi connectivity index (χ1) is 13.2. The summed E-state index contributed by atoms with van der Waals surface area (Å²) in [7, 11) is 0. The fourth-order valence-corrected chi connectivity index (χ4v) is 4.12. The molecule has 0 spiro atoms. The molecule has 1 aliphatic heterocycles. The van der Waals surface area contributed by atoms with Gasteiger partial charge in [0.1, 0.15) is 0 Å². The van der Waals surface area contributed by atoms with Crippen LogP contribution in [-0.2, 0) is 11.3 Å². The fourth-order valence-electron chi connectivity index (χ4n) is 4.12. The molecule has 0 aliphatic carbocycles. The highest BCUT2D eigenvalue weighted by molar-refractivity contribution is 5.75. The first kappa shape index (κ1) is 19.6. The van der Waals surface area contributed by atoms with E-state index in [-0.39, 0.29) is 5.91 Å². The third kappa shape index (κ3) is 5.43. The summed E-state index contributed by atoms with van der Waals surface area (Å²) < 4.78 is 0. The van der Waals surface area contributed by atoms with Crippen LogP contribution in [0.4, 0.5) is 0 Å². The van der Waals surface area contributed by atoms with Gasteiger partial charge in [-0.2, -0.15) is 0 Å². The number of piperidine rings is 1. The number of rotatable bonds is 7. The molecule has 3 rings (SSSR count). The molecule has 0 N–H and O–H groups in total. The lowest BCUT2D eigenvalue weighted by Crippen LogP contribution is -2.46. The molecular formula is C24H32N2O. The van der Waals surface area contributed by atoms with Gasteiger partial charge in [-0.05, 0) is 49.9 Å². The molecule has 0 aromatic heterocycles. The molecule has 3 heteroatoms. The Morgan fingerprint density at radius 3 is 2.22 bits per heavy atom. The molecule has 1 atom stereocenters. The van der Waals surface area contributed by atoms with Gasteiger partial charge in [-0.3, -0.25) is 9.69 Å². The van der Waals surface area contributed by atoms with Crippen LogP contribution in [0.2, 0.25) is 0 Å². The van der Waals surface area contributed by atoms with Crippen molar-refractivity contribution in [3.8, 4) is 0 Å². The number of nitrogens with zero attached hydrogens (tertiary/aromatic N) is 2. The van der Waals surface area contributed by atoms with Gasteiger partial charge >= 0.3 is 0 Å². The zero-order valence-electron chi connectivity index (χ0n) is 16.7. The molecule has 0 saturated carbocycles. The van der Waals surface area contributed by atoms with E-state index in [9.17, 15) is 4.79 Å². The SMILES string of the molecule is CCC(=O)N(Cc1ccccc1)CC(C)N1CCC(c2ccccc2)CC1. The average Bonchev–Trinajstić information content (AvgIpc) is 2.74. The maximum absolute atomic E-state index is 12.5. The van der Waals surface area contributed by atoms with E-state index in [0.29, 0.717) is 24.9 Å². The molecule has 1 unspecified atom stereocenters. The molecule has 0 radical (unpaired) electrons. The third-order valence-electron chi connectivity index (χ3n) is 5.78. The maximum atomic E-state index is 12.5. The minimum absolute atomic E-state index is 0.241. The van der Waals surface area contributed by atoms with Gasteiger partial charge in [0.15, 0.2) is 0 Å². The topological polar surface area (TPSA) is 23.6 Å². The van der Waals surface area contributed by atoms with E-state index < -0.39 is 0 Å². The first-order valence-electron chi connectivity index (χ1n) is 10.3. The van der Waals surface area contributed by atoms with Crippen LogP contribution in [0.15, 0.2) is 60.7 Å². The Hall–Kier alpha value is -2.13. The summed E-state index contributed by atoms with van der Waals surface area (Å²) in [5, 5.41) is 0. The molecule has 0 bridgehead atoms. The Kier molecular flexibility index (Phi) is 7.05. The minimum Gasteiger partial charge on any atom is -0.337 e. The predicted molar refractivity (Wildman–Crippen MR) is 112 cm³/mol. The molecule has 1 heterocycles. The number of benzene rings is 2. The molecule has 1 amide bonds. The van der Waals surface area contributed by atoms with Gasteiger partial charge in [0, 0.05) is 25.6 Å². The molecule has 2 aromatic rings. The molecule has 2 aromatic carbocycles. The molecule has 1 fully saturated rings.